The molecule has 34 heavy (non-hydrogen) atoms. The normalized spacial score (nSPS) is 17.9. The summed E-state index contributed by atoms with van der Waals surface area (Å²) in [5, 5.41) is 0. The van der Waals surface area contributed by atoms with E-state index >= 15 is 0 Å². The van der Waals surface area contributed by atoms with Crippen molar-refractivity contribution in [3.63, 3.8) is 0 Å². The van der Waals surface area contributed by atoms with Gasteiger partial charge in [0.2, 0.25) is 0 Å². The summed E-state index contributed by atoms with van der Waals surface area (Å²) in [4.78, 5) is 12.5. The van der Waals surface area contributed by atoms with E-state index in [0.29, 0.717) is 35.0 Å². The molecule has 3 aromatic carbocycles. The number of hydrogen-bond acceptors (Lipinski definition) is 3. The standard InChI is InChI=1S/C28H27F3O3/c1-3-33-21-12-13-22(25(29)16-21)18-8-10-20(11-9-18)34-28(32)24-15-14-23(26(30)27(24)31)19-6-4-17(2)5-7-19/h8-17,19H,3-7H2,1-2H3. The molecule has 1 aliphatic rings. The minimum Gasteiger partial charge on any atom is -0.494 e. The van der Waals surface area contributed by atoms with Crippen LogP contribution in [0.5, 0.6) is 11.5 Å². The highest BCUT2D eigenvalue weighted by Crippen LogP contribution is 2.37. The van der Waals surface area contributed by atoms with Gasteiger partial charge in [-0.3, -0.25) is 0 Å². The van der Waals surface area contributed by atoms with Gasteiger partial charge in [-0.2, -0.15) is 0 Å². The number of carbonyl (C=O) groups excluding carboxylic acids is 1. The van der Waals surface area contributed by atoms with Crippen molar-refractivity contribution in [2.45, 2.75) is 45.4 Å². The minimum atomic E-state index is -1.19. The predicted octanol–water partition coefficient (Wildman–Crippen LogP) is 7.68. The fraction of sp³-hybridized carbons (Fsp3) is 0.321. The van der Waals surface area contributed by atoms with Crippen molar-refractivity contribution in [1.29, 1.82) is 0 Å². The first-order valence-corrected chi connectivity index (χ1v) is 11.6. The highest BCUT2D eigenvalue weighted by molar-refractivity contribution is 5.91. The maximum atomic E-state index is 14.8. The Morgan fingerprint density at radius 1 is 0.882 bits per heavy atom. The van der Waals surface area contributed by atoms with Crippen LogP contribution in [0.15, 0.2) is 54.6 Å². The summed E-state index contributed by atoms with van der Waals surface area (Å²) in [5.41, 5.74) is 0.806. The lowest BCUT2D eigenvalue weighted by molar-refractivity contribution is 0.0728. The van der Waals surface area contributed by atoms with Gasteiger partial charge < -0.3 is 9.47 Å². The third-order valence-electron chi connectivity index (χ3n) is 6.42. The maximum absolute atomic E-state index is 14.8. The minimum absolute atomic E-state index is 0.0358. The zero-order chi connectivity index (χ0) is 24.2. The van der Waals surface area contributed by atoms with Gasteiger partial charge in [-0.05, 0) is 73.1 Å². The largest absolute Gasteiger partial charge is 0.494 e. The molecule has 0 amide bonds. The molecule has 178 valence electrons. The Labute approximate surface area is 197 Å². The quantitative estimate of drug-likeness (QED) is 0.275. The maximum Gasteiger partial charge on any atom is 0.346 e. The summed E-state index contributed by atoms with van der Waals surface area (Å²) in [6.45, 7) is 4.41. The second kappa shape index (κ2) is 10.3. The first-order chi connectivity index (χ1) is 16.4. The van der Waals surface area contributed by atoms with Crippen LogP contribution < -0.4 is 9.47 Å². The van der Waals surface area contributed by atoms with Crippen molar-refractivity contribution in [2.75, 3.05) is 6.61 Å². The Kier molecular flexibility index (Phi) is 7.25. The molecule has 6 heteroatoms. The van der Waals surface area contributed by atoms with Crippen LogP contribution in [0.4, 0.5) is 13.2 Å². The second-order valence-corrected chi connectivity index (χ2v) is 8.78. The highest BCUT2D eigenvalue weighted by Gasteiger charge is 2.27. The van der Waals surface area contributed by atoms with Gasteiger partial charge >= 0.3 is 5.97 Å². The summed E-state index contributed by atoms with van der Waals surface area (Å²) in [6, 6.07) is 13.5. The fourth-order valence-electron chi connectivity index (χ4n) is 4.46. The molecule has 4 rings (SSSR count). The molecule has 0 spiro atoms. The molecule has 1 fully saturated rings. The van der Waals surface area contributed by atoms with Crippen LogP contribution in [0.2, 0.25) is 0 Å². The van der Waals surface area contributed by atoms with Crippen molar-refractivity contribution in [1.82, 2.24) is 0 Å². The zero-order valence-electron chi connectivity index (χ0n) is 19.2. The van der Waals surface area contributed by atoms with Gasteiger partial charge in [-0.25, -0.2) is 18.0 Å². The van der Waals surface area contributed by atoms with Crippen LogP contribution in [0.25, 0.3) is 11.1 Å². The van der Waals surface area contributed by atoms with E-state index in [4.69, 9.17) is 9.47 Å². The van der Waals surface area contributed by atoms with Gasteiger partial charge in [0.1, 0.15) is 17.3 Å². The Hall–Kier alpha value is -3.28. The summed E-state index contributed by atoms with van der Waals surface area (Å²) in [6.07, 6.45) is 3.57. The van der Waals surface area contributed by atoms with Crippen molar-refractivity contribution in [3.05, 3.63) is 83.2 Å². The summed E-state index contributed by atoms with van der Waals surface area (Å²) in [5.74, 6) is -2.45. The number of esters is 1. The van der Waals surface area contributed by atoms with Gasteiger partial charge in [-0.1, -0.05) is 38.0 Å². The zero-order valence-corrected chi connectivity index (χ0v) is 19.2. The van der Waals surface area contributed by atoms with E-state index in [0.717, 1.165) is 25.7 Å². The average Bonchev–Trinajstić information content (AvgIpc) is 2.82. The van der Waals surface area contributed by atoms with Gasteiger partial charge in [-0.15, -0.1) is 0 Å². The molecule has 0 bridgehead atoms. The van der Waals surface area contributed by atoms with E-state index in [9.17, 15) is 18.0 Å². The Morgan fingerprint density at radius 2 is 1.56 bits per heavy atom. The smallest absolute Gasteiger partial charge is 0.346 e. The van der Waals surface area contributed by atoms with Gasteiger partial charge in [0.05, 0.1) is 12.2 Å². The first kappa shape index (κ1) is 23.9. The molecule has 0 N–H and O–H groups in total. The third kappa shape index (κ3) is 5.11. The van der Waals surface area contributed by atoms with Gasteiger partial charge in [0.25, 0.3) is 0 Å². The average molecular weight is 469 g/mol. The molecule has 0 radical (unpaired) electrons. The molecule has 0 unspecified atom stereocenters. The summed E-state index contributed by atoms with van der Waals surface area (Å²) >= 11 is 0. The number of carbonyl (C=O) groups is 1. The van der Waals surface area contributed by atoms with Gasteiger partial charge in [0.15, 0.2) is 11.6 Å². The van der Waals surface area contributed by atoms with Crippen molar-refractivity contribution < 1.29 is 27.4 Å². The summed E-state index contributed by atoms with van der Waals surface area (Å²) < 4.78 is 54.5. The van der Waals surface area contributed by atoms with Gasteiger partial charge in [0, 0.05) is 11.6 Å². The lowest BCUT2D eigenvalue weighted by atomic mass is 9.79. The van der Waals surface area contributed by atoms with E-state index in [2.05, 4.69) is 6.92 Å². The number of hydrogen-bond donors (Lipinski definition) is 0. The van der Waals surface area contributed by atoms with Crippen molar-refractivity contribution in [3.8, 4) is 22.6 Å². The van der Waals surface area contributed by atoms with Crippen LogP contribution in [0, 0.1) is 23.4 Å². The molecular weight excluding hydrogens is 441 g/mol. The molecule has 0 aliphatic heterocycles. The monoisotopic (exact) mass is 468 g/mol. The molecule has 0 atom stereocenters. The molecule has 3 nitrogen and oxygen atoms in total. The number of ether oxygens (including phenoxy) is 2. The Bertz CT molecular complexity index is 1170. The van der Waals surface area contributed by atoms with Crippen molar-refractivity contribution in [2.24, 2.45) is 5.92 Å². The topological polar surface area (TPSA) is 35.5 Å². The number of halogens is 3. The van der Waals surface area contributed by atoms with Crippen LogP contribution in [-0.4, -0.2) is 12.6 Å². The Balaban J connectivity index is 1.47. The fourth-order valence-corrected chi connectivity index (χ4v) is 4.46. The van der Waals surface area contributed by atoms with E-state index < -0.39 is 29.0 Å². The number of rotatable bonds is 6. The Morgan fingerprint density at radius 3 is 2.21 bits per heavy atom. The highest BCUT2D eigenvalue weighted by atomic mass is 19.2. The first-order valence-electron chi connectivity index (χ1n) is 11.6. The van der Waals surface area contributed by atoms with Crippen LogP contribution in [-0.2, 0) is 0 Å². The van der Waals surface area contributed by atoms with E-state index in [-0.39, 0.29) is 11.7 Å². The molecule has 0 aromatic heterocycles. The molecule has 1 aliphatic carbocycles. The summed E-state index contributed by atoms with van der Waals surface area (Å²) in [7, 11) is 0. The van der Waals surface area contributed by atoms with E-state index in [1.54, 1.807) is 24.3 Å². The molecule has 3 aromatic rings. The van der Waals surface area contributed by atoms with Crippen molar-refractivity contribution >= 4 is 5.97 Å². The SMILES string of the molecule is CCOc1ccc(-c2ccc(OC(=O)c3ccc(C4CCC(C)CC4)c(F)c3F)cc2)c(F)c1. The molecule has 1 saturated carbocycles. The molecule has 0 heterocycles. The van der Waals surface area contributed by atoms with E-state index in [1.807, 2.05) is 6.92 Å². The molecular formula is C28H27F3O3. The predicted molar refractivity (Wildman–Crippen MR) is 125 cm³/mol. The van der Waals surface area contributed by atoms with Crippen LogP contribution >= 0.6 is 0 Å². The lowest BCUT2D eigenvalue weighted by Gasteiger charge is -2.27. The second-order valence-electron chi connectivity index (χ2n) is 8.78. The third-order valence-corrected chi connectivity index (χ3v) is 6.42. The lowest BCUT2D eigenvalue weighted by Crippen LogP contribution is -2.16. The van der Waals surface area contributed by atoms with Crippen LogP contribution in [0.1, 0.15) is 61.4 Å². The van der Waals surface area contributed by atoms with E-state index in [1.165, 1.54) is 30.3 Å². The molecule has 0 saturated heterocycles. The van der Waals surface area contributed by atoms with Crippen LogP contribution in [0.3, 0.4) is 0 Å². The number of benzene rings is 3.